The van der Waals surface area contributed by atoms with Crippen molar-refractivity contribution in [2.24, 2.45) is 0 Å². The minimum atomic E-state index is -0.337. The van der Waals surface area contributed by atoms with E-state index in [2.05, 4.69) is 9.97 Å². The maximum Gasteiger partial charge on any atom is 0.161 e. The third-order valence-corrected chi connectivity index (χ3v) is 3.66. The van der Waals surface area contributed by atoms with Crippen LogP contribution in [0, 0.1) is 12.7 Å². The SMILES string of the molecule is Cc1ccc(F)cc1-c1nc(Cl)c2c(Cl)cccc2n1. The molecule has 100 valence electrons. The van der Waals surface area contributed by atoms with Crippen LogP contribution in [0.1, 0.15) is 5.56 Å². The van der Waals surface area contributed by atoms with Crippen molar-refractivity contribution in [2.45, 2.75) is 6.92 Å². The van der Waals surface area contributed by atoms with Crippen LogP contribution in [0.5, 0.6) is 0 Å². The molecular weight excluding hydrogens is 298 g/mol. The van der Waals surface area contributed by atoms with Crippen molar-refractivity contribution in [3.8, 4) is 11.4 Å². The van der Waals surface area contributed by atoms with E-state index in [1.54, 1.807) is 24.3 Å². The van der Waals surface area contributed by atoms with Crippen molar-refractivity contribution >= 4 is 34.1 Å². The molecule has 0 aliphatic heterocycles. The number of halogens is 3. The van der Waals surface area contributed by atoms with Gasteiger partial charge in [-0.1, -0.05) is 35.3 Å². The van der Waals surface area contributed by atoms with Crippen LogP contribution in [0.15, 0.2) is 36.4 Å². The number of nitrogens with zero attached hydrogens (tertiary/aromatic N) is 2. The fraction of sp³-hybridized carbons (Fsp3) is 0.0667. The Hall–Kier alpha value is -1.71. The Balaban J connectivity index is 2.30. The van der Waals surface area contributed by atoms with Crippen molar-refractivity contribution < 1.29 is 4.39 Å². The van der Waals surface area contributed by atoms with Crippen LogP contribution in [-0.2, 0) is 0 Å². The van der Waals surface area contributed by atoms with Crippen molar-refractivity contribution in [3.05, 3.63) is 58.0 Å². The number of aromatic nitrogens is 2. The molecule has 0 radical (unpaired) electrons. The van der Waals surface area contributed by atoms with E-state index in [1.807, 2.05) is 6.92 Å². The van der Waals surface area contributed by atoms with E-state index < -0.39 is 0 Å². The molecule has 0 saturated heterocycles. The molecule has 5 heteroatoms. The lowest BCUT2D eigenvalue weighted by Gasteiger charge is -2.08. The van der Waals surface area contributed by atoms with E-state index in [-0.39, 0.29) is 11.0 Å². The number of fused-ring (bicyclic) bond motifs is 1. The molecule has 0 amide bonds. The van der Waals surface area contributed by atoms with Gasteiger partial charge in [-0.15, -0.1) is 0 Å². The number of rotatable bonds is 1. The fourth-order valence-corrected chi connectivity index (χ4v) is 2.64. The predicted molar refractivity (Wildman–Crippen MR) is 79.7 cm³/mol. The predicted octanol–water partition coefficient (Wildman–Crippen LogP) is 5.05. The summed E-state index contributed by atoms with van der Waals surface area (Å²) in [6.45, 7) is 1.87. The lowest BCUT2D eigenvalue weighted by molar-refractivity contribution is 0.628. The molecule has 3 aromatic rings. The molecule has 20 heavy (non-hydrogen) atoms. The minimum Gasteiger partial charge on any atom is -0.228 e. The third kappa shape index (κ3) is 2.23. The molecule has 0 aliphatic carbocycles. The van der Waals surface area contributed by atoms with Gasteiger partial charge < -0.3 is 0 Å². The Kier molecular flexibility index (Phi) is 3.32. The van der Waals surface area contributed by atoms with Crippen molar-refractivity contribution in [3.63, 3.8) is 0 Å². The van der Waals surface area contributed by atoms with Crippen LogP contribution in [0.25, 0.3) is 22.3 Å². The molecule has 0 saturated carbocycles. The highest BCUT2D eigenvalue weighted by Gasteiger charge is 2.12. The molecular formula is C15H9Cl2FN2. The average Bonchev–Trinajstić information content (AvgIpc) is 2.41. The Bertz CT molecular complexity index is 818. The van der Waals surface area contributed by atoms with Crippen LogP contribution in [0.2, 0.25) is 10.2 Å². The van der Waals surface area contributed by atoms with Gasteiger partial charge in [0, 0.05) is 5.56 Å². The zero-order valence-electron chi connectivity index (χ0n) is 10.5. The van der Waals surface area contributed by atoms with Gasteiger partial charge >= 0.3 is 0 Å². The first-order valence-corrected chi connectivity index (χ1v) is 6.70. The highest BCUT2D eigenvalue weighted by atomic mass is 35.5. The quantitative estimate of drug-likeness (QED) is 0.588. The maximum absolute atomic E-state index is 13.4. The molecule has 0 bridgehead atoms. The van der Waals surface area contributed by atoms with Gasteiger partial charge in [-0.3, -0.25) is 0 Å². The summed E-state index contributed by atoms with van der Waals surface area (Å²) in [5, 5.41) is 1.36. The van der Waals surface area contributed by atoms with Crippen LogP contribution < -0.4 is 0 Å². The summed E-state index contributed by atoms with van der Waals surface area (Å²) < 4.78 is 13.4. The standard InChI is InChI=1S/C15H9Cl2FN2/c1-8-5-6-9(18)7-10(8)15-19-12-4-2-3-11(16)13(12)14(17)20-15/h2-7H,1H3. The van der Waals surface area contributed by atoms with E-state index in [4.69, 9.17) is 23.2 Å². The zero-order chi connectivity index (χ0) is 14.3. The molecule has 0 unspecified atom stereocenters. The van der Waals surface area contributed by atoms with E-state index >= 15 is 0 Å². The van der Waals surface area contributed by atoms with Crippen LogP contribution in [-0.4, -0.2) is 9.97 Å². The fourth-order valence-electron chi connectivity index (χ4n) is 2.05. The second kappa shape index (κ2) is 5.00. The van der Waals surface area contributed by atoms with Gasteiger partial charge in [-0.25, -0.2) is 14.4 Å². The summed E-state index contributed by atoms with van der Waals surface area (Å²) in [6.07, 6.45) is 0. The maximum atomic E-state index is 13.4. The summed E-state index contributed by atoms with van der Waals surface area (Å²) in [7, 11) is 0. The molecule has 0 aliphatic rings. The van der Waals surface area contributed by atoms with Crippen molar-refractivity contribution in [2.75, 3.05) is 0 Å². The van der Waals surface area contributed by atoms with Crippen LogP contribution in [0.3, 0.4) is 0 Å². The summed E-state index contributed by atoms with van der Waals surface area (Å²) >= 11 is 12.3. The van der Waals surface area contributed by atoms with E-state index in [1.165, 1.54) is 12.1 Å². The largest absolute Gasteiger partial charge is 0.228 e. The zero-order valence-corrected chi connectivity index (χ0v) is 12.0. The highest BCUT2D eigenvalue weighted by molar-refractivity contribution is 6.41. The molecule has 0 fully saturated rings. The highest BCUT2D eigenvalue weighted by Crippen LogP contribution is 2.31. The third-order valence-electron chi connectivity index (χ3n) is 3.07. The first kappa shape index (κ1) is 13.3. The summed E-state index contributed by atoms with van der Waals surface area (Å²) in [6, 6.07) is 9.80. The molecule has 0 N–H and O–H groups in total. The molecule has 3 rings (SSSR count). The average molecular weight is 307 g/mol. The number of hydrogen-bond acceptors (Lipinski definition) is 2. The topological polar surface area (TPSA) is 25.8 Å². The van der Waals surface area contributed by atoms with Crippen molar-refractivity contribution in [1.82, 2.24) is 9.97 Å². The Morgan fingerprint density at radius 2 is 1.85 bits per heavy atom. The van der Waals surface area contributed by atoms with E-state index in [0.717, 1.165) is 5.56 Å². The summed E-state index contributed by atoms with van der Waals surface area (Å²) in [5.41, 5.74) is 2.13. The van der Waals surface area contributed by atoms with Gasteiger partial charge in [-0.05, 0) is 36.8 Å². The smallest absolute Gasteiger partial charge is 0.161 e. The Morgan fingerprint density at radius 3 is 2.65 bits per heavy atom. The van der Waals surface area contributed by atoms with E-state index in [0.29, 0.717) is 27.3 Å². The minimum absolute atomic E-state index is 0.263. The van der Waals surface area contributed by atoms with Gasteiger partial charge in [0.2, 0.25) is 0 Å². The van der Waals surface area contributed by atoms with Gasteiger partial charge in [0.25, 0.3) is 0 Å². The normalized spacial score (nSPS) is 11.0. The lowest BCUT2D eigenvalue weighted by atomic mass is 10.1. The lowest BCUT2D eigenvalue weighted by Crippen LogP contribution is -1.95. The van der Waals surface area contributed by atoms with Crippen LogP contribution in [0.4, 0.5) is 4.39 Å². The molecule has 0 spiro atoms. The van der Waals surface area contributed by atoms with Gasteiger partial charge in [-0.2, -0.15) is 0 Å². The van der Waals surface area contributed by atoms with E-state index in [9.17, 15) is 4.39 Å². The Labute approximate surface area is 125 Å². The first-order valence-electron chi connectivity index (χ1n) is 5.94. The van der Waals surface area contributed by atoms with Gasteiger partial charge in [0.1, 0.15) is 11.0 Å². The number of benzene rings is 2. The second-order valence-electron chi connectivity index (χ2n) is 4.43. The monoisotopic (exact) mass is 306 g/mol. The van der Waals surface area contributed by atoms with Gasteiger partial charge in [0.05, 0.1) is 15.9 Å². The second-order valence-corrected chi connectivity index (χ2v) is 5.20. The number of hydrogen-bond donors (Lipinski definition) is 0. The molecule has 2 aromatic carbocycles. The molecule has 1 heterocycles. The summed E-state index contributed by atoms with van der Waals surface area (Å²) in [4.78, 5) is 8.66. The first-order chi connectivity index (χ1) is 9.56. The van der Waals surface area contributed by atoms with Gasteiger partial charge in [0.15, 0.2) is 5.82 Å². The number of aryl methyl sites for hydroxylation is 1. The van der Waals surface area contributed by atoms with Crippen molar-refractivity contribution in [1.29, 1.82) is 0 Å². The van der Waals surface area contributed by atoms with Crippen LogP contribution >= 0.6 is 23.2 Å². The summed E-state index contributed by atoms with van der Waals surface area (Å²) in [5.74, 6) is 0.0540. The molecule has 1 aromatic heterocycles. The molecule has 0 atom stereocenters. The Morgan fingerprint density at radius 1 is 1.05 bits per heavy atom. The molecule has 2 nitrogen and oxygen atoms in total.